The molecule has 5 nitrogen and oxygen atoms in total. The third-order valence-corrected chi connectivity index (χ3v) is 3.95. The van der Waals surface area contributed by atoms with E-state index in [0.29, 0.717) is 18.3 Å². The lowest BCUT2D eigenvalue weighted by molar-refractivity contribution is 0.0170. The summed E-state index contributed by atoms with van der Waals surface area (Å²) < 4.78 is 56.9. The van der Waals surface area contributed by atoms with Gasteiger partial charge in [-0.2, -0.15) is 0 Å². The highest BCUT2D eigenvalue weighted by molar-refractivity contribution is 7.89. The van der Waals surface area contributed by atoms with Crippen LogP contribution in [-0.2, 0) is 10.0 Å². The first-order valence-corrected chi connectivity index (χ1v) is 7.95. The van der Waals surface area contributed by atoms with Gasteiger partial charge in [-0.25, -0.2) is 21.9 Å². The number of halogens is 3. The molecule has 0 aliphatic heterocycles. The molecule has 22 heavy (non-hydrogen) atoms. The SMILES string of the molecule is CC(C)COc1ccc(S(=O)(=O)NCC(F)(F)CN)cc1.Cl. The summed E-state index contributed by atoms with van der Waals surface area (Å²) >= 11 is 0. The van der Waals surface area contributed by atoms with Gasteiger partial charge in [0.2, 0.25) is 10.0 Å². The normalized spacial score (nSPS) is 12.1. The van der Waals surface area contributed by atoms with Gasteiger partial charge in [0.25, 0.3) is 5.92 Å². The largest absolute Gasteiger partial charge is 0.493 e. The Morgan fingerprint density at radius 1 is 1.27 bits per heavy atom. The molecule has 0 amide bonds. The van der Waals surface area contributed by atoms with Crippen LogP contribution in [0.25, 0.3) is 0 Å². The van der Waals surface area contributed by atoms with Crippen molar-refractivity contribution < 1.29 is 21.9 Å². The fourth-order valence-corrected chi connectivity index (χ4v) is 2.40. The Balaban J connectivity index is 0.00000441. The zero-order chi connectivity index (χ0) is 16.1. The van der Waals surface area contributed by atoms with Crippen LogP contribution in [0.5, 0.6) is 5.75 Å². The Labute approximate surface area is 135 Å². The molecule has 0 radical (unpaired) electrons. The Kier molecular flexibility index (Phi) is 8.24. The second-order valence-electron chi connectivity index (χ2n) is 5.06. The number of ether oxygens (including phenoxy) is 1. The van der Waals surface area contributed by atoms with Crippen LogP contribution in [0, 0.1) is 5.92 Å². The second-order valence-corrected chi connectivity index (χ2v) is 6.83. The summed E-state index contributed by atoms with van der Waals surface area (Å²) in [6.07, 6.45) is 0. The van der Waals surface area contributed by atoms with E-state index in [0.717, 1.165) is 0 Å². The lowest BCUT2D eigenvalue weighted by atomic mass is 10.2. The first kappa shape index (κ1) is 21.0. The number of rotatable bonds is 8. The molecular weight excluding hydrogens is 338 g/mol. The first-order chi connectivity index (χ1) is 9.66. The molecule has 0 saturated heterocycles. The summed E-state index contributed by atoms with van der Waals surface area (Å²) in [5, 5.41) is 0. The van der Waals surface area contributed by atoms with Gasteiger partial charge >= 0.3 is 0 Å². The molecule has 0 aliphatic rings. The van der Waals surface area contributed by atoms with Gasteiger partial charge in [0, 0.05) is 0 Å². The zero-order valence-corrected chi connectivity index (χ0v) is 14.0. The Hall–Kier alpha value is -0.960. The standard InChI is InChI=1S/C13H20F2N2O3S.ClH/c1-10(2)7-20-11-3-5-12(6-4-11)21(18,19)17-9-13(14,15)8-16;/h3-6,10,17H,7-9,16H2,1-2H3;1H. The third-order valence-electron chi connectivity index (χ3n) is 2.54. The van der Waals surface area contributed by atoms with Gasteiger partial charge in [-0.1, -0.05) is 13.8 Å². The predicted molar refractivity (Wildman–Crippen MR) is 83.2 cm³/mol. The molecule has 1 rings (SSSR count). The molecule has 0 bridgehead atoms. The minimum atomic E-state index is -3.99. The van der Waals surface area contributed by atoms with E-state index in [1.54, 1.807) is 0 Å². The molecule has 0 saturated carbocycles. The number of hydrogen-bond acceptors (Lipinski definition) is 4. The fourth-order valence-electron chi connectivity index (χ4n) is 1.33. The lowest BCUT2D eigenvalue weighted by Gasteiger charge is -2.15. The minimum absolute atomic E-state index is 0. The van der Waals surface area contributed by atoms with Crippen LogP contribution in [0.4, 0.5) is 8.78 Å². The highest BCUT2D eigenvalue weighted by Gasteiger charge is 2.29. The molecule has 0 atom stereocenters. The molecule has 9 heteroatoms. The fraction of sp³-hybridized carbons (Fsp3) is 0.538. The molecule has 128 valence electrons. The van der Waals surface area contributed by atoms with Gasteiger partial charge in [0.05, 0.1) is 24.6 Å². The Morgan fingerprint density at radius 2 is 1.82 bits per heavy atom. The zero-order valence-electron chi connectivity index (χ0n) is 12.4. The van der Waals surface area contributed by atoms with E-state index >= 15 is 0 Å². The highest BCUT2D eigenvalue weighted by Crippen LogP contribution is 2.17. The Bertz CT molecular complexity index is 551. The van der Waals surface area contributed by atoms with Gasteiger partial charge in [-0.05, 0) is 30.2 Å². The first-order valence-electron chi connectivity index (χ1n) is 6.47. The minimum Gasteiger partial charge on any atom is -0.493 e. The van der Waals surface area contributed by atoms with Crippen LogP contribution in [0.15, 0.2) is 29.2 Å². The van der Waals surface area contributed by atoms with E-state index < -0.39 is 29.0 Å². The molecule has 0 unspecified atom stereocenters. The quantitative estimate of drug-likeness (QED) is 0.745. The van der Waals surface area contributed by atoms with Crippen LogP contribution in [0.3, 0.4) is 0 Å². The van der Waals surface area contributed by atoms with Crippen molar-refractivity contribution in [3.8, 4) is 5.75 Å². The number of alkyl halides is 2. The van der Waals surface area contributed by atoms with Crippen LogP contribution in [0.1, 0.15) is 13.8 Å². The summed E-state index contributed by atoms with van der Waals surface area (Å²) in [6.45, 7) is 2.53. The van der Waals surface area contributed by atoms with Crippen molar-refractivity contribution >= 4 is 22.4 Å². The van der Waals surface area contributed by atoms with Crippen LogP contribution in [0.2, 0.25) is 0 Å². The number of nitrogens with one attached hydrogen (secondary N) is 1. The average molecular weight is 359 g/mol. The second kappa shape index (κ2) is 8.61. The van der Waals surface area contributed by atoms with Gasteiger partial charge < -0.3 is 10.5 Å². The average Bonchev–Trinajstić information content (AvgIpc) is 2.44. The summed E-state index contributed by atoms with van der Waals surface area (Å²) in [7, 11) is -3.99. The number of benzene rings is 1. The van der Waals surface area contributed by atoms with Gasteiger partial charge in [0.15, 0.2) is 0 Å². The summed E-state index contributed by atoms with van der Waals surface area (Å²) in [5.41, 5.74) is 4.85. The molecule has 1 aromatic carbocycles. The van der Waals surface area contributed by atoms with Crippen LogP contribution >= 0.6 is 12.4 Å². The monoisotopic (exact) mass is 358 g/mol. The van der Waals surface area contributed by atoms with Crippen molar-refractivity contribution in [1.82, 2.24) is 4.72 Å². The molecule has 1 aromatic rings. The van der Waals surface area contributed by atoms with E-state index in [1.807, 2.05) is 18.6 Å². The molecule has 0 aliphatic carbocycles. The number of nitrogens with two attached hydrogens (primary N) is 1. The molecule has 0 spiro atoms. The van der Waals surface area contributed by atoms with Crippen molar-refractivity contribution in [2.45, 2.75) is 24.7 Å². The topological polar surface area (TPSA) is 81.4 Å². The maximum Gasteiger partial charge on any atom is 0.273 e. The van der Waals surface area contributed by atoms with Crippen molar-refractivity contribution in [3.63, 3.8) is 0 Å². The predicted octanol–water partition coefficient (Wildman–Crippen LogP) is 2.02. The molecule has 0 fully saturated rings. The van der Waals surface area contributed by atoms with Crippen molar-refractivity contribution in [2.24, 2.45) is 11.7 Å². The van der Waals surface area contributed by atoms with Gasteiger partial charge in [-0.3, -0.25) is 0 Å². The van der Waals surface area contributed by atoms with E-state index in [9.17, 15) is 17.2 Å². The van der Waals surface area contributed by atoms with E-state index in [1.165, 1.54) is 24.3 Å². The van der Waals surface area contributed by atoms with Crippen molar-refractivity contribution in [1.29, 1.82) is 0 Å². The molecular formula is C13H21ClF2N2O3S. The smallest absolute Gasteiger partial charge is 0.273 e. The Morgan fingerprint density at radius 3 is 2.27 bits per heavy atom. The highest BCUT2D eigenvalue weighted by atomic mass is 35.5. The maximum atomic E-state index is 13.0. The van der Waals surface area contributed by atoms with Gasteiger partial charge in [0.1, 0.15) is 5.75 Å². The van der Waals surface area contributed by atoms with Crippen molar-refractivity contribution in [3.05, 3.63) is 24.3 Å². The molecule has 0 heterocycles. The summed E-state index contributed by atoms with van der Waals surface area (Å²) in [6, 6.07) is 5.58. The van der Waals surface area contributed by atoms with E-state index in [-0.39, 0.29) is 17.3 Å². The number of sulfonamides is 1. The van der Waals surface area contributed by atoms with Crippen molar-refractivity contribution in [2.75, 3.05) is 19.7 Å². The number of hydrogen-bond donors (Lipinski definition) is 2. The molecule has 0 aromatic heterocycles. The van der Waals surface area contributed by atoms with Crippen LogP contribution < -0.4 is 15.2 Å². The lowest BCUT2D eigenvalue weighted by Crippen LogP contribution is -2.41. The van der Waals surface area contributed by atoms with E-state index in [2.05, 4.69) is 0 Å². The van der Waals surface area contributed by atoms with Gasteiger partial charge in [-0.15, -0.1) is 12.4 Å². The van der Waals surface area contributed by atoms with Crippen LogP contribution in [-0.4, -0.2) is 34.0 Å². The summed E-state index contributed by atoms with van der Waals surface area (Å²) in [5.74, 6) is -2.41. The summed E-state index contributed by atoms with van der Waals surface area (Å²) in [4.78, 5) is -0.104. The molecule has 3 N–H and O–H groups in total. The maximum absolute atomic E-state index is 13.0. The third kappa shape index (κ3) is 6.87. The van der Waals surface area contributed by atoms with E-state index in [4.69, 9.17) is 10.5 Å².